The quantitative estimate of drug-likeness (QED) is 0.872. The number of hydrogen-bond acceptors (Lipinski definition) is 3. The average Bonchev–Trinajstić information content (AvgIpc) is 2.53. The van der Waals surface area contributed by atoms with Gasteiger partial charge >= 0.3 is 6.03 Å². The fourth-order valence-corrected chi connectivity index (χ4v) is 2.63. The molecular formula is C16H24FN3O2. The summed E-state index contributed by atoms with van der Waals surface area (Å²) in [6.45, 7) is 4.48. The van der Waals surface area contributed by atoms with E-state index in [1.165, 1.54) is 6.07 Å². The molecule has 2 N–H and O–H groups in total. The summed E-state index contributed by atoms with van der Waals surface area (Å²) in [6, 6.07) is 6.68. The van der Waals surface area contributed by atoms with Gasteiger partial charge in [0.15, 0.2) is 0 Å². The van der Waals surface area contributed by atoms with Crippen molar-refractivity contribution in [3.8, 4) is 0 Å². The van der Waals surface area contributed by atoms with Gasteiger partial charge in [0.05, 0.1) is 5.69 Å². The lowest BCUT2D eigenvalue weighted by molar-refractivity contribution is 0.189. The Balaban J connectivity index is 1.82. The maximum Gasteiger partial charge on any atom is 0.317 e. The molecule has 0 bridgehead atoms. The summed E-state index contributed by atoms with van der Waals surface area (Å²) in [5, 5.41) is 11.7. The zero-order valence-corrected chi connectivity index (χ0v) is 13.0. The number of aliphatic hydroxyl groups is 1. The highest BCUT2D eigenvalue weighted by Gasteiger charge is 2.23. The Morgan fingerprint density at radius 3 is 2.64 bits per heavy atom. The van der Waals surface area contributed by atoms with Crippen molar-refractivity contribution in [2.45, 2.75) is 25.8 Å². The molecule has 0 spiro atoms. The molecule has 0 aromatic heterocycles. The molecule has 1 unspecified atom stereocenters. The molecule has 1 aromatic rings. The average molecular weight is 309 g/mol. The molecule has 22 heavy (non-hydrogen) atoms. The lowest BCUT2D eigenvalue weighted by atomic mass is 10.2. The van der Waals surface area contributed by atoms with Crippen LogP contribution in [0, 0.1) is 5.82 Å². The number of nitrogens with zero attached hydrogens (tertiary/aromatic N) is 2. The van der Waals surface area contributed by atoms with Crippen molar-refractivity contribution in [2.24, 2.45) is 0 Å². The van der Waals surface area contributed by atoms with E-state index < -0.39 is 0 Å². The second-order valence-corrected chi connectivity index (χ2v) is 5.64. The van der Waals surface area contributed by atoms with Gasteiger partial charge in [-0.25, -0.2) is 9.18 Å². The molecular weight excluding hydrogens is 285 g/mol. The smallest absolute Gasteiger partial charge is 0.317 e. The van der Waals surface area contributed by atoms with Crippen LogP contribution in [-0.2, 0) is 0 Å². The van der Waals surface area contributed by atoms with Crippen LogP contribution in [0.2, 0.25) is 0 Å². The highest BCUT2D eigenvalue weighted by Crippen LogP contribution is 2.20. The van der Waals surface area contributed by atoms with Crippen molar-refractivity contribution < 1.29 is 14.3 Å². The summed E-state index contributed by atoms with van der Waals surface area (Å²) in [7, 11) is 0. The topological polar surface area (TPSA) is 55.8 Å². The van der Waals surface area contributed by atoms with Gasteiger partial charge in [0.1, 0.15) is 5.82 Å². The van der Waals surface area contributed by atoms with Crippen LogP contribution in [-0.4, -0.2) is 54.9 Å². The lowest BCUT2D eigenvalue weighted by Gasteiger charge is -2.36. The number of halogens is 1. The van der Waals surface area contributed by atoms with E-state index in [2.05, 4.69) is 5.32 Å². The number of carbonyl (C=O) groups is 1. The molecule has 1 saturated heterocycles. The molecule has 0 radical (unpaired) electrons. The van der Waals surface area contributed by atoms with Crippen molar-refractivity contribution >= 4 is 11.7 Å². The van der Waals surface area contributed by atoms with Crippen molar-refractivity contribution in [1.29, 1.82) is 0 Å². The highest BCUT2D eigenvalue weighted by atomic mass is 19.1. The number of amides is 2. The normalized spacial score (nSPS) is 16.5. The number of nitrogens with one attached hydrogen (secondary N) is 1. The summed E-state index contributed by atoms with van der Waals surface area (Å²) in [5.41, 5.74) is 0.596. The number of hydrogen-bond donors (Lipinski definition) is 2. The molecule has 1 heterocycles. The Hall–Kier alpha value is -1.82. The minimum Gasteiger partial charge on any atom is -0.396 e. The van der Waals surface area contributed by atoms with Gasteiger partial charge in [-0.3, -0.25) is 0 Å². The first-order valence-electron chi connectivity index (χ1n) is 7.77. The summed E-state index contributed by atoms with van der Waals surface area (Å²) in [6.07, 6.45) is 1.44. The van der Waals surface area contributed by atoms with E-state index in [0.29, 0.717) is 38.3 Å². The van der Waals surface area contributed by atoms with Crippen LogP contribution >= 0.6 is 0 Å². The van der Waals surface area contributed by atoms with Crippen LogP contribution in [0.5, 0.6) is 0 Å². The van der Waals surface area contributed by atoms with Gasteiger partial charge in [-0.1, -0.05) is 12.1 Å². The first-order valence-corrected chi connectivity index (χ1v) is 7.77. The molecule has 2 rings (SSSR count). The Morgan fingerprint density at radius 2 is 2.00 bits per heavy atom. The van der Waals surface area contributed by atoms with Crippen LogP contribution < -0.4 is 10.2 Å². The molecule has 0 saturated carbocycles. The van der Waals surface area contributed by atoms with Gasteiger partial charge in [0.25, 0.3) is 0 Å². The van der Waals surface area contributed by atoms with E-state index in [1.807, 2.05) is 17.9 Å². The summed E-state index contributed by atoms with van der Waals surface area (Å²) >= 11 is 0. The fourth-order valence-electron chi connectivity index (χ4n) is 2.63. The first-order chi connectivity index (χ1) is 10.6. The summed E-state index contributed by atoms with van der Waals surface area (Å²) in [5.74, 6) is -0.224. The molecule has 1 aliphatic rings. The van der Waals surface area contributed by atoms with Gasteiger partial charge in [-0.15, -0.1) is 0 Å². The maximum atomic E-state index is 13.8. The molecule has 1 atom stereocenters. The molecule has 2 amide bonds. The van der Waals surface area contributed by atoms with Crippen LogP contribution in [0.15, 0.2) is 24.3 Å². The van der Waals surface area contributed by atoms with Crippen molar-refractivity contribution in [2.75, 3.05) is 37.7 Å². The number of benzene rings is 1. The minimum atomic E-state index is -0.224. The molecule has 122 valence electrons. The van der Waals surface area contributed by atoms with Crippen LogP contribution in [0.4, 0.5) is 14.9 Å². The van der Waals surface area contributed by atoms with Crippen molar-refractivity contribution in [1.82, 2.24) is 10.2 Å². The number of carbonyl (C=O) groups excluding carboxylic acids is 1. The largest absolute Gasteiger partial charge is 0.396 e. The third-order valence-corrected chi connectivity index (χ3v) is 3.93. The van der Waals surface area contributed by atoms with Gasteiger partial charge in [0, 0.05) is 38.8 Å². The Kier molecular flexibility index (Phi) is 6.00. The molecule has 1 aliphatic heterocycles. The summed E-state index contributed by atoms with van der Waals surface area (Å²) in [4.78, 5) is 15.9. The Bertz CT molecular complexity index is 490. The van der Waals surface area contributed by atoms with Crippen LogP contribution in [0.25, 0.3) is 0 Å². The second kappa shape index (κ2) is 7.98. The number of piperazine rings is 1. The molecule has 5 nitrogen and oxygen atoms in total. The zero-order chi connectivity index (χ0) is 15.9. The minimum absolute atomic E-state index is 0.0456. The predicted octanol–water partition coefficient (Wildman–Crippen LogP) is 1.82. The third kappa shape index (κ3) is 4.34. The molecule has 0 aliphatic carbocycles. The van der Waals surface area contributed by atoms with E-state index in [1.54, 1.807) is 17.0 Å². The third-order valence-electron chi connectivity index (χ3n) is 3.93. The second-order valence-electron chi connectivity index (χ2n) is 5.64. The highest BCUT2D eigenvalue weighted by molar-refractivity contribution is 5.74. The number of anilines is 1. The van der Waals surface area contributed by atoms with E-state index in [4.69, 9.17) is 5.11 Å². The van der Waals surface area contributed by atoms with E-state index >= 15 is 0 Å². The zero-order valence-electron chi connectivity index (χ0n) is 13.0. The van der Waals surface area contributed by atoms with E-state index in [9.17, 15) is 9.18 Å². The van der Waals surface area contributed by atoms with Gasteiger partial charge in [-0.05, 0) is 31.9 Å². The number of aliphatic hydroxyl groups excluding tert-OH is 1. The summed E-state index contributed by atoms with van der Waals surface area (Å²) < 4.78 is 13.8. The van der Waals surface area contributed by atoms with Crippen molar-refractivity contribution in [3.05, 3.63) is 30.1 Å². The Morgan fingerprint density at radius 1 is 1.32 bits per heavy atom. The molecule has 1 aromatic carbocycles. The molecule has 6 heteroatoms. The first kappa shape index (κ1) is 16.5. The number of para-hydroxylation sites is 1. The van der Waals surface area contributed by atoms with E-state index in [0.717, 1.165) is 6.42 Å². The fraction of sp³-hybridized carbons (Fsp3) is 0.562. The van der Waals surface area contributed by atoms with E-state index in [-0.39, 0.29) is 24.5 Å². The molecule has 1 fully saturated rings. The van der Waals surface area contributed by atoms with Crippen LogP contribution in [0.1, 0.15) is 19.8 Å². The SMILES string of the molecule is CC(CCCO)NC(=O)N1CCN(c2ccccc2F)CC1. The Labute approximate surface area is 130 Å². The van der Waals surface area contributed by atoms with Gasteiger partial charge < -0.3 is 20.2 Å². The predicted molar refractivity (Wildman–Crippen MR) is 84.5 cm³/mol. The van der Waals surface area contributed by atoms with Crippen molar-refractivity contribution in [3.63, 3.8) is 0 Å². The number of urea groups is 1. The number of rotatable bonds is 5. The lowest BCUT2D eigenvalue weighted by Crippen LogP contribution is -2.53. The van der Waals surface area contributed by atoms with Gasteiger partial charge in [-0.2, -0.15) is 0 Å². The standard InChI is InChI=1S/C16H24FN3O2/c1-13(5-4-12-21)18-16(22)20-10-8-19(9-11-20)15-7-3-2-6-14(15)17/h2-3,6-7,13,21H,4-5,8-12H2,1H3,(H,18,22). The van der Waals surface area contributed by atoms with Crippen LogP contribution in [0.3, 0.4) is 0 Å². The maximum absolute atomic E-state index is 13.8. The monoisotopic (exact) mass is 309 g/mol. The van der Waals surface area contributed by atoms with Gasteiger partial charge in [0.2, 0.25) is 0 Å².